The van der Waals surface area contributed by atoms with Crippen molar-refractivity contribution in [3.05, 3.63) is 12.8 Å². The zero-order valence-corrected chi connectivity index (χ0v) is 11.9. The van der Waals surface area contributed by atoms with Gasteiger partial charge >= 0.3 is 0 Å². The van der Waals surface area contributed by atoms with Crippen molar-refractivity contribution in [1.29, 1.82) is 0 Å². The highest BCUT2D eigenvalue weighted by Gasteiger charge is 2.15. The van der Waals surface area contributed by atoms with Gasteiger partial charge in [0.25, 0.3) is 0 Å². The average Bonchev–Trinajstić information content (AvgIpc) is 2.25. The maximum atomic E-state index is 5.45. The van der Waals surface area contributed by atoms with Crippen LogP contribution in [0.15, 0.2) is 17.9 Å². The lowest BCUT2D eigenvalue weighted by Crippen LogP contribution is -2.24. The van der Waals surface area contributed by atoms with Gasteiger partial charge in [0.2, 0.25) is 0 Å². The molecule has 0 heterocycles. The number of rotatable bonds is 8. The lowest BCUT2D eigenvalue weighted by atomic mass is 9.91. The minimum Gasteiger partial charge on any atom is -0.378 e. The Morgan fingerprint density at radius 1 is 1.41 bits per heavy atom. The maximum absolute atomic E-state index is 5.45. The van der Waals surface area contributed by atoms with Crippen LogP contribution in [0.5, 0.6) is 0 Å². The van der Waals surface area contributed by atoms with Gasteiger partial charge in [0, 0.05) is 23.9 Å². The molecule has 0 spiro atoms. The van der Waals surface area contributed by atoms with Crippen molar-refractivity contribution in [2.24, 2.45) is 10.5 Å². The van der Waals surface area contributed by atoms with E-state index < -0.39 is 0 Å². The van der Waals surface area contributed by atoms with E-state index in [0.717, 1.165) is 25.4 Å². The number of likely N-dealkylation sites (N-methyl/N-ethyl adjacent to an activating group) is 1. The summed E-state index contributed by atoms with van der Waals surface area (Å²) in [6.07, 6.45) is 1.73. The van der Waals surface area contributed by atoms with Crippen LogP contribution in [0, 0.1) is 5.41 Å². The molecule has 0 fully saturated rings. The molecule has 0 rings (SSSR count). The van der Waals surface area contributed by atoms with Gasteiger partial charge in [0.15, 0.2) is 0 Å². The van der Waals surface area contributed by atoms with Gasteiger partial charge < -0.3 is 10.1 Å². The summed E-state index contributed by atoms with van der Waals surface area (Å²) in [5.41, 5.74) is 1.18. The number of hydrogen-bond acceptors (Lipinski definition) is 4. The lowest BCUT2D eigenvalue weighted by molar-refractivity contribution is 0.120. The van der Waals surface area contributed by atoms with Crippen LogP contribution < -0.4 is 5.32 Å². The Balaban J connectivity index is 4.04. The lowest BCUT2D eigenvalue weighted by Gasteiger charge is -2.22. The first-order chi connectivity index (χ1) is 7.91. The molecule has 0 saturated heterocycles. The fourth-order valence-corrected chi connectivity index (χ4v) is 0.959. The molecule has 0 aliphatic rings. The average molecular weight is 241 g/mol. The van der Waals surface area contributed by atoms with Crippen molar-refractivity contribution in [2.45, 2.75) is 27.7 Å². The van der Waals surface area contributed by atoms with Crippen LogP contribution in [0.25, 0.3) is 0 Å². The molecule has 0 amide bonds. The predicted molar refractivity (Wildman–Crippen MR) is 74.2 cm³/mol. The number of nitrogens with zero attached hydrogens (tertiary/aromatic N) is 2. The zero-order valence-electron chi connectivity index (χ0n) is 11.9. The van der Waals surface area contributed by atoms with Crippen LogP contribution >= 0.6 is 0 Å². The second-order valence-electron chi connectivity index (χ2n) is 5.00. The van der Waals surface area contributed by atoms with Gasteiger partial charge in [0.1, 0.15) is 0 Å². The molecule has 0 unspecified atom stereocenters. The molecule has 17 heavy (non-hydrogen) atoms. The summed E-state index contributed by atoms with van der Waals surface area (Å²) < 4.78 is 5.45. The van der Waals surface area contributed by atoms with Gasteiger partial charge in [-0.1, -0.05) is 27.4 Å². The van der Waals surface area contributed by atoms with Crippen LogP contribution in [0.1, 0.15) is 27.7 Å². The smallest absolute Gasteiger partial charge is 0.0663 e. The summed E-state index contributed by atoms with van der Waals surface area (Å²) in [5, 5.41) is 9.39. The van der Waals surface area contributed by atoms with Gasteiger partial charge in [-0.25, -0.2) is 0 Å². The Bertz CT molecular complexity index is 244. The summed E-state index contributed by atoms with van der Waals surface area (Å²) in [6.45, 7) is 15.2. The molecule has 1 N–H and O–H groups in total. The van der Waals surface area contributed by atoms with E-state index in [4.69, 9.17) is 4.74 Å². The molecule has 0 aliphatic heterocycles. The second-order valence-corrected chi connectivity index (χ2v) is 5.00. The molecule has 0 saturated carbocycles. The third-order valence-corrected chi connectivity index (χ3v) is 2.54. The quantitative estimate of drug-likeness (QED) is 0.402. The molecule has 0 aromatic heterocycles. The third kappa shape index (κ3) is 7.94. The van der Waals surface area contributed by atoms with Gasteiger partial charge in [-0.15, -0.1) is 0 Å². The van der Waals surface area contributed by atoms with E-state index >= 15 is 0 Å². The molecule has 4 nitrogen and oxygen atoms in total. The molecule has 0 atom stereocenters. The van der Waals surface area contributed by atoms with Gasteiger partial charge in [-0.2, -0.15) is 5.10 Å². The Morgan fingerprint density at radius 3 is 2.53 bits per heavy atom. The van der Waals surface area contributed by atoms with Crippen molar-refractivity contribution >= 4 is 5.71 Å². The number of nitrogens with one attached hydrogen (secondary N) is 1. The second kappa shape index (κ2) is 8.25. The Hall–Kier alpha value is -0.870. The van der Waals surface area contributed by atoms with Crippen LogP contribution in [-0.4, -0.2) is 44.1 Å². The van der Waals surface area contributed by atoms with E-state index in [-0.39, 0.29) is 5.41 Å². The first-order valence-electron chi connectivity index (χ1n) is 6.09. The molecule has 0 radical (unpaired) electrons. The highest BCUT2D eigenvalue weighted by atomic mass is 16.5. The van der Waals surface area contributed by atoms with Crippen molar-refractivity contribution in [3.8, 4) is 0 Å². The molecule has 100 valence electrons. The Labute approximate surface area is 106 Å². The van der Waals surface area contributed by atoms with E-state index in [2.05, 4.69) is 37.8 Å². The van der Waals surface area contributed by atoms with E-state index in [0.29, 0.717) is 6.61 Å². The predicted octanol–water partition coefficient (Wildman–Crippen LogP) is 2.09. The van der Waals surface area contributed by atoms with Crippen molar-refractivity contribution in [3.63, 3.8) is 0 Å². The van der Waals surface area contributed by atoms with Crippen LogP contribution in [-0.2, 0) is 4.74 Å². The number of ether oxygens (including phenoxy) is 1. The van der Waals surface area contributed by atoms with Crippen molar-refractivity contribution < 1.29 is 4.74 Å². The highest BCUT2D eigenvalue weighted by molar-refractivity contribution is 5.86. The molecule has 0 aliphatic carbocycles. The van der Waals surface area contributed by atoms with E-state index in [1.807, 2.05) is 19.0 Å². The van der Waals surface area contributed by atoms with Gasteiger partial charge in [-0.3, -0.25) is 5.01 Å². The van der Waals surface area contributed by atoms with Gasteiger partial charge in [-0.05, 0) is 14.0 Å². The Morgan fingerprint density at radius 2 is 2.06 bits per heavy atom. The summed E-state index contributed by atoms with van der Waals surface area (Å²) >= 11 is 0. The number of hydrogen-bond donors (Lipinski definition) is 1. The number of hydrazone groups is 1. The summed E-state index contributed by atoms with van der Waals surface area (Å²) in [7, 11) is 1.91. The van der Waals surface area contributed by atoms with Crippen molar-refractivity contribution in [1.82, 2.24) is 10.3 Å². The highest BCUT2D eigenvalue weighted by Crippen LogP contribution is 2.16. The fraction of sp³-hybridized carbons (Fsp3) is 0.769. The summed E-state index contributed by atoms with van der Waals surface area (Å²) in [4.78, 5) is 0. The van der Waals surface area contributed by atoms with Crippen LogP contribution in [0.4, 0.5) is 0 Å². The minimum atomic E-state index is 0.0915. The molecule has 4 heteroatoms. The van der Waals surface area contributed by atoms with E-state index in [1.165, 1.54) is 0 Å². The fourth-order valence-electron chi connectivity index (χ4n) is 0.959. The van der Waals surface area contributed by atoms with E-state index in [1.54, 1.807) is 6.20 Å². The van der Waals surface area contributed by atoms with Crippen molar-refractivity contribution in [2.75, 3.05) is 33.4 Å². The summed E-state index contributed by atoms with van der Waals surface area (Å²) in [6, 6.07) is 0. The normalized spacial score (nSPS) is 12.6. The largest absolute Gasteiger partial charge is 0.378 e. The molecular formula is C13H27N3O. The van der Waals surface area contributed by atoms with Crippen LogP contribution in [0.3, 0.4) is 0 Å². The SMILES string of the molecule is C=CN(CCOCCNC)/N=C(\C)C(C)(C)C. The molecule has 0 aromatic rings. The third-order valence-electron chi connectivity index (χ3n) is 2.54. The topological polar surface area (TPSA) is 36.9 Å². The first-order valence-corrected chi connectivity index (χ1v) is 6.09. The molecule has 0 bridgehead atoms. The maximum Gasteiger partial charge on any atom is 0.0663 e. The van der Waals surface area contributed by atoms with Crippen LogP contribution in [0.2, 0.25) is 0 Å². The first kappa shape index (κ1) is 16.1. The Kier molecular flexibility index (Phi) is 7.83. The minimum absolute atomic E-state index is 0.0915. The summed E-state index contributed by atoms with van der Waals surface area (Å²) in [5.74, 6) is 0. The van der Waals surface area contributed by atoms with Gasteiger partial charge in [0.05, 0.1) is 19.8 Å². The standard InChI is InChI=1S/C13H27N3O/c1-7-16(9-11-17-10-8-14-6)15-12(2)13(3,4)5/h7,14H,1,8-11H2,2-6H3/b15-12+. The molecular weight excluding hydrogens is 214 g/mol. The monoisotopic (exact) mass is 241 g/mol. The molecule has 0 aromatic carbocycles. The zero-order chi connectivity index (χ0) is 13.3. The van der Waals surface area contributed by atoms with E-state index in [9.17, 15) is 0 Å².